The Bertz CT molecular complexity index is 1950. The Balaban J connectivity index is 1.24. The number of carbonyl (C=O) groups is 4. The van der Waals surface area contributed by atoms with E-state index in [1.807, 2.05) is 37.3 Å². The molecule has 3 saturated carbocycles. The first kappa shape index (κ1) is 38.0. The van der Waals surface area contributed by atoms with Crippen LogP contribution in [-0.2, 0) is 33.9 Å². The van der Waals surface area contributed by atoms with Crippen molar-refractivity contribution in [2.45, 2.75) is 101 Å². The second kappa shape index (κ2) is 15.5. The zero-order valence-electron chi connectivity index (χ0n) is 31.2. The van der Waals surface area contributed by atoms with Gasteiger partial charge in [-0.1, -0.05) is 44.4 Å². The number of amides is 2. The lowest BCUT2D eigenvalue weighted by Gasteiger charge is -2.34. The van der Waals surface area contributed by atoms with Crippen LogP contribution in [0.2, 0.25) is 0 Å². The van der Waals surface area contributed by atoms with E-state index in [0.29, 0.717) is 30.9 Å². The molecule has 1 aromatic heterocycles. The molecule has 2 aromatic rings. The number of benzene rings is 1. The lowest BCUT2D eigenvalue weighted by atomic mass is 9.77. The van der Waals surface area contributed by atoms with Gasteiger partial charge in [0, 0.05) is 30.0 Å². The molecule has 1 N–H and O–H groups in total. The average Bonchev–Trinajstić information content (AvgIpc) is 4.09. The standard InChI is InChI=1S/C41H51N3O9S/c1-4-29-21-41(29,40(48)43-54(49,50)31-13-14-31)22-35(45)34-19-30-23-44(34)39(47)33(26-10-6-5-7-11-26)20-37(46)52-24-25(2)9-8-12-28-17-32-27(18-36(28)51-3)15-16-42-38(32)53-30/h4,8,12,15-18,25-26,29-31,33-34H,1,5-7,9-11,13-14,19-24H2,2-3H3,(H,43,48)/b12-8+/t25-,29-,30-,33+,34+,41-/m1/s1. The summed E-state index contributed by atoms with van der Waals surface area (Å²) in [5.41, 5.74) is -0.460. The third kappa shape index (κ3) is 7.92. The van der Waals surface area contributed by atoms with Crippen molar-refractivity contribution in [3.8, 4) is 11.6 Å². The number of rotatable bonds is 9. The van der Waals surface area contributed by atoms with Gasteiger partial charge in [-0.25, -0.2) is 13.4 Å². The van der Waals surface area contributed by atoms with Gasteiger partial charge in [0.15, 0.2) is 5.78 Å². The Morgan fingerprint density at radius 3 is 2.63 bits per heavy atom. The first-order valence-corrected chi connectivity index (χ1v) is 20.9. The van der Waals surface area contributed by atoms with Gasteiger partial charge in [0.25, 0.3) is 0 Å². The summed E-state index contributed by atoms with van der Waals surface area (Å²) in [7, 11) is -2.24. The fourth-order valence-electron chi connectivity index (χ4n) is 8.66. The number of methoxy groups -OCH3 is 1. The highest BCUT2D eigenvalue weighted by molar-refractivity contribution is 7.90. The highest BCUT2D eigenvalue weighted by Gasteiger charge is 2.61. The number of ketones is 1. The molecule has 4 fully saturated rings. The summed E-state index contributed by atoms with van der Waals surface area (Å²) in [5.74, 6) is -1.89. The number of Topliss-reactive ketones (excluding diaryl/α,β-unsaturated/α-hetero) is 1. The molecule has 0 radical (unpaired) electrons. The second-order valence-corrected chi connectivity index (χ2v) is 18.0. The highest BCUT2D eigenvalue weighted by atomic mass is 32.2. The van der Waals surface area contributed by atoms with E-state index in [1.54, 1.807) is 24.3 Å². The molecule has 6 atom stereocenters. The third-order valence-corrected chi connectivity index (χ3v) is 13.9. The molecule has 7 rings (SSSR count). The summed E-state index contributed by atoms with van der Waals surface area (Å²) in [6, 6.07) is 4.77. The van der Waals surface area contributed by atoms with Crippen molar-refractivity contribution < 1.29 is 41.8 Å². The summed E-state index contributed by atoms with van der Waals surface area (Å²) >= 11 is 0. The van der Waals surface area contributed by atoms with E-state index < -0.39 is 50.6 Å². The molecule has 2 amide bonds. The van der Waals surface area contributed by atoms with Crippen LogP contribution in [0, 0.1) is 29.1 Å². The van der Waals surface area contributed by atoms with Crippen molar-refractivity contribution >= 4 is 50.4 Å². The van der Waals surface area contributed by atoms with Crippen molar-refractivity contribution in [1.29, 1.82) is 0 Å². The highest BCUT2D eigenvalue weighted by Crippen LogP contribution is 2.57. The molecule has 1 aromatic carbocycles. The first-order chi connectivity index (χ1) is 25.9. The Labute approximate surface area is 317 Å². The lowest BCUT2D eigenvalue weighted by Crippen LogP contribution is -2.48. The number of fused-ring (bicyclic) bond motifs is 3. The number of ether oxygens (including phenoxy) is 3. The Kier molecular flexibility index (Phi) is 10.9. The molecule has 13 heteroatoms. The Morgan fingerprint density at radius 1 is 1.15 bits per heavy atom. The molecule has 0 spiro atoms. The normalized spacial score (nSPS) is 30.1. The van der Waals surface area contributed by atoms with Crippen molar-refractivity contribution in [3.63, 3.8) is 0 Å². The van der Waals surface area contributed by atoms with Gasteiger partial charge in [0.05, 0.1) is 49.3 Å². The fourth-order valence-corrected chi connectivity index (χ4v) is 10.0. The topological polar surface area (TPSA) is 158 Å². The number of nitrogens with zero attached hydrogens (tertiary/aromatic N) is 2. The van der Waals surface area contributed by atoms with Crippen molar-refractivity contribution in [1.82, 2.24) is 14.6 Å². The minimum atomic E-state index is -3.85. The number of allylic oxidation sites excluding steroid dienone is 2. The number of hydrogen-bond donors (Lipinski definition) is 1. The van der Waals surface area contributed by atoms with Gasteiger partial charge in [0.2, 0.25) is 27.7 Å². The summed E-state index contributed by atoms with van der Waals surface area (Å²) < 4.78 is 45.9. The van der Waals surface area contributed by atoms with E-state index in [0.717, 1.165) is 48.4 Å². The van der Waals surface area contributed by atoms with Crippen LogP contribution in [0.15, 0.2) is 43.1 Å². The molecular weight excluding hydrogens is 711 g/mol. The second-order valence-electron chi connectivity index (χ2n) is 16.1. The van der Waals surface area contributed by atoms with E-state index in [9.17, 15) is 27.6 Å². The number of carbonyl (C=O) groups excluding carboxylic acids is 4. The molecule has 4 bridgehead atoms. The fraction of sp³-hybridized carbons (Fsp3) is 0.585. The van der Waals surface area contributed by atoms with Crippen molar-refractivity contribution in [2.75, 3.05) is 20.3 Å². The number of sulfonamides is 1. The summed E-state index contributed by atoms with van der Waals surface area (Å²) in [4.78, 5) is 62.5. The Morgan fingerprint density at radius 2 is 1.93 bits per heavy atom. The van der Waals surface area contributed by atoms with Gasteiger partial charge < -0.3 is 19.1 Å². The molecule has 2 aliphatic heterocycles. The van der Waals surface area contributed by atoms with Crippen LogP contribution in [0.4, 0.5) is 0 Å². The summed E-state index contributed by atoms with van der Waals surface area (Å²) in [6.07, 6.45) is 12.8. The summed E-state index contributed by atoms with van der Waals surface area (Å²) in [5, 5.41) is 0.989. The van der Waals surface area contributed by atoms with Gasteiger partial charge in [-0.2, -0.15) is 0 Å². The SMILES string of the molecule is C=C[C@@H]1C[C@]1(CC(=O)[C@@H]1C[C@@H]2CN1C(=O)[C@H](C1CCCCC1)CC(=O)OC[C@H](C)C/C=C/c1cc3c(nccc3cc1OC)O2)C(=O)NS(=O)(=O)C1CC1. The van der Waals surface area contributed by atoms with Gasteiger partial charge in [0.1, 0.15) is 11.9 Å². The number of pyridine rings is 1. The predicted octanol–water partition coefficient (Wildman–Crippen LogP) is 5.53. The maximum Gasteiger partial charge on any atom is 0.306 e. The number of nitrogens with one attached hydrogen (secondary N) is 1. The van der Waals surface area contributed by atoms with E-state index in [1.165, 1.54) is 0 Å². The van der Waals surface area contributed by atoms with E-state index in [-0.39, 0.29) is 68.3 Å². The molecule has 3 heterocycles. The zero-order chi connectivity index (χ0) is 38.2. The molecule has 12 nitrogen and oxygen atoms in total. The maximum absolute atomic E-state index is 14.8. The monoisotopic (exact) mass is 761 g/mol. The number of aromatic nitrogens is 1. The zero-order valence-corrected chi connectivity index (χ0v) is 32.0. The molecule has 5 aliphatic rings. The lowest BCUT2D eigenvalue weighted by molar-refractivity contribution is -0.153. The van der Waals surface area contributed by atoms with Crippen molar-refractivity contribution in [2.24, 2.45) is 29.1 Å². The molecule has 54 heavy (non-hydrogen) atoms. The number of hydrogen-bond acceptors (Lipinski definition) is 10. The van der Waals surface area contributed by atoms with Crippen LogP contribution in [0.1, 0.15) is 89.5 Å². The average molecular weight is 762 g/mol. The van der Waals surface area contributed by atoms with Gasteiger partial charge in [-0.3, -0.25) is 23.9 Å². The number of esters is 1. The minimum absolute atomic E-state index is 0.0202. The van der Waals surface area contributed by atoms with E-state index in [4.69, 9.17) is 14.2 Å². The van der Waals surface area contributed by atoms with Gasteiger partial charge in [-0.05, 0) is 79.9 Å². The van der Waals surface area contributed by atoms with E-state index in [2.05, 4.69) is 16.3 Å². The molecule has 3 aliphatic carbocycles. The maximum atomic E-state index is 14.8. The van der Waals surface area contributed by atoms with Gasteiger partial charge in [-0.15, -0.1) is 6.58 Å². The van der Waals surface area contributed by atoms with Gasteiger partial charge >= 0.3 is 5.97 Å². The van der Waals surface area contributed by atoms with Crippen LogP contribution in [0.3, 0.4) is 0 Å². The quantitative estimate of drug-likeness (QED) is 0.254. The van der Waals surface area contributed by atoms with Crippen LogP contribution in [0.5, 0.6) is 11.6 Å². The summed E-state index contributed by atoms with van der Waals surface area (Å²) in [6.45, 7) is 6.12. The van der Waals surface area contributed by atoms with Crippen molar-refractivity contribution in [3.05, 3.63) is 48.7 Å². The van der Waals surface area contributed by atoms with Crippen LogP contribution in [-0.4, -0.2) is 79.5 Å². The first-order valence-electron chi connectivity index (χ1n) is 19.4. The third-order valence-electron chi connectivity index (χ3n) is 12.1. The molecule has 0 unspecified atom stereocenters. The molecular formula is C41H51N3O9S. The Hall–Kier alpha value is -4.26. The van der Waals surface area contributed by atoms with Crippen LogP contribution < -0.4 is 14.2 Å². The smallest absolute Gasteiger partial charge is 0.306 e. The van der Waals surface area contributed by atoms with Crippen LogP contribution >= 0.6 is 0 Å². The minimum Gasteiger partial charge on any atom is -0.496 e. The van der Waals surface area contributed by atoms with Crippen LogP contribution in [0.25, 0.3) is 16.8 Å². The largest absolute Gasteiger partial charge is 0.496 e. The molecule has 1 saturated heterocycles. The van der Waals surface area contributed by atoms with E-state index >= 15 is 0 Å². The predicted molar refractivity (Wildman–Crippen MR) is 202 cm³/mol. The number of cyclic esters (lactones) is 1. The molecule has 290 valence electrons.